The van der Waals surface area contributed by atoms with E-state index in [1.807, 2.05) is 0 Å². The summed E-state index contributed by atoms with van der Waals surface area (Å²) >= 11 is 1.08. The molecule has 1 nitrogen and oxygen atoms in total. The fourth-order valence-electron chi connectivity index (χ4n) is 0.909. The first kappa shape index (κ1) is 10.6. The summed E-state index contributed by atoms with van der Waals surface area (Å²) in [5.74, 6) is 0. The van der Waals surface area contributed by atoms with Crippen molar-refractivity contribution >= 4 is 28.3 Å². The minimum Gasteiger partial charge on any atom is -0.305 e. The minimum atomic E-state index is -2.83. The number of rotatable bonds is 2. The second-order valence-corrected chi connectivity index (χ2v) is 4.05. The van der Waals surface area contributed by atoms with Gasteiger partial charge in [-0.15, -0.1) is 0 Å². The molecule has 0 saturated heterocycles. The maximum atomic E-state index is 12.7. The zero-order valence-corrected chi connectivity index (χ0v) is 9.10. The molecule has 0 bridgehead atoms. The average molecular weight is 295 g/mol. The molecule has 4 heteroatoms. The van der Waals surface area contributed by atoms with Crippen LogP contribution in [0.25, 0.3) is 0 Å². The molecule has 0 amide bonds. The number of hydrogen-bond donors (Lipinski definition) is 1. The molecule has 0 saturated carbocycles. The summed E-state index contributed by atoms with van der Waals surface area (Å²) in [5.41, 5.74) is 1.02. The second kappa shape index (κ2) is 3.69. The van der Waals surface area contributed by atoms with Crippen molar-refractivity contribution in [2.45, 2.75) is 10.9 Å². The van der Waals surface area contributed by atoms with Gasteiger partial charge in [0.1, 0.15) is 0 Å². The smallest absolute Gasteiger partial charge is 0.305 e. The number of nitrogens with one attached hydrogen (secondary N) is 1. The average Bonchev–Trinajstić information content (AvgIpc) is 2.03. The first-order chi connectivity index (χ1) is 5.91. The maximum absolute atomic E-state index is 12.7. The monoisotopic (exact) mass is 295 g/mol. The van der Waals surface area contributed by atoms with E-state index in [2.05, 4.69) is 0 Å². The Labute approximate surface area is 88.8 Å². The van der Waals surface area contributed by atoms with Crippen LogP contribution in [-0.2, 0) is 3.93 Å². The number of halogens is 3. The van der Waals surface area contributed by atoms with Gasteiger partial charge in [0.05, 0.1) is 0 Å². The Balaban J connectivity index is 3.01. The largest absolute Gasteiger partial charge is 0.321 e. The Hall–Kier alpha value is -0.520. The molecule has 0 aliphatic heterocycles. The molecule has 0 spiro atoms. The molecule has 0 aliphatic rings. The van der Waals surface area contributed by atoms with Crippen molar-refractivity contribution in [3.63, 3.8) is 0 Å². The lowest BCUT2D eigenvalue weighted by atomic mass is 10.1. The van der Waals surface area contributed by atoms with Gasteiger partial charge in [0.2, 0.25) is 0 Å². The van der Waals surface area contributed by atoms with Crippen molar-refractivity contribution in [1.29, 1.82) is 5.41 Å². The molecule has 0 aliphatic carbocycles. The molecule has 0 unspecified atom stereocenters. The van der Waals surface area contributed by atoms with Crippen LogP contribution in [0.5, 0.6) is 0 Å². The van der Waals surface area contributed by atoms with Crippen LogP contribution in [-0.4, -0.2) is 5.71 Å². The molecule has 70 valence electrons. The van der Waals surface area contributed by atoms with Crippen molar-refractivity contribution in [1.82, 2.24) is 0 Å². The van der Waals surface area contributed by atoms with Gasteiger partial charge < -0.3 is 5.41 Å². The highest BCUT2D eigenvalue weighted by atomic mass is 127. The van der Waals surface area contributed by atoms with Crippen LogP contribution in [0.2, 0.25) is 0 Å². The van der Waals surface area contributed by atoms with Crippen molar-refractivity contribution in [3.8, 4) is 0 Å². The van der Waals surface area contributed by atoms with Gasteiger partial charge in [-0.05, 0) is 12.5 Å². The fraction of sp³-hybridized carbons (Fsp3) is 0.222. The molecule has 0 radical (unpaired) electrons. The van der Waals surface area contributed by atoms with E-state index in [1.165, 1.54) is 24.3 Å². The Kier molecular flexibility index (Phi) is 3.00. The lowest BCUT2D eigenvalue weighted by molar-refractivity contribution is 0.127. The standard InChI is InChI=1S/C9H8F2IN/c1-6(13)7-2-4-8(5-3-7)9(10,11)12/h2-5,13H,1H3. The van der Waals surface area contributed by atoms with Crippen LogP contribution in [0.15, 0.2) is 24.3 Å². The molecule has 1 aromatic rings. The number of benzene rings is 1. The van der Waals surface area contributed by atoms with E-state index in [0.29, 0.717) is 11.3 Å². The summed E-state index contributed by atoms with van der Waals surface area (Å²) < 4.78 is 22.6. The Bertz CT molecular complexity index is 313. The van der Waals surface area contributed by atoms with Crippen molar-refractivity contribution in [3.05, 3.63) is 35.4 Å². The highest BCUT2D eigenvalue weighted by Gasteiger charge is 2.26. The van der Waals surface area contributed by atoms with Crippen molar-refractivity contribution in [2.75, 3.05) is 0 Å². The molecular formula is C9H8F2IN. The summed E-state index contributed by atoms with van der Waals surface area (Å²) in [5, 5.41) is 7.27. The molecule has 1 rings (SSSR count). The SMILES string of the molecule is CC(=N)c1ccc(C(F)(F)I)cc1. The van der Waals surface area contributed by atoms with Gasteiger partial charge in [0.25, 0.3) is 0 Å². The van der Waals surface area contributed by atoms with Gasteiger partial charge in [0, 0.05) is 33.9 Å². The summed E-state index contributed by atoms with van der Waals surface area (Å²) in [4.78, 5) is 0. The highest BCUT2D eigenvalue weighted by Crippen LogP contribution is 2.34. The zero-order valence-electron chi connectivity index (χ0n) is 6.94. The Morgan fingerprint density at radius 3 is 2.08 bits per heavy atom. The topological polar surface area (TPSA) is 23.9 Å². The molecule has 0 atom stereocenters. The predicted octanol–water partition coefficient (Wildman–Crippen LogP) is 3.56. The lowest BCUT2D eigenvalue weighted by Crippen LogP contribution is -2.02. The van der Waals surface area contributed by atoms with E-state index >= 15 is 0 Å². The summed E-state index contributed by atoms with van der Waals surface area (Å²) in [6, 6.07) is 5.76. The summed E-state index contributed by atoms with van der Waals surface area (Å²) in [7, 11) is 0. The quantitative estimate of drug-likeness (QED) is 0.490. The summed E-state index contributed by atoms with van der Waals surface area (Å²) in [6.07, 6.45) is 0. The van der Waals surface area contributed by atoms with E-state index in [-0.39, 0.29) is 5.56 Å². The van der Waals surface area contributed by atoms with E-state index < -0.39 is 3.93 Å². The van der Waals surface area contributed by atoms with Crippen LogP contribution < -0.4 is 0 Å². The van der Waals surface area contributed by atoms with E-state index in [4.69, 9.17) is 5.41 Å². The van der Waals surface area contributed by atoms with Gasteiger partial charge in [-0.2, -0.15) is 8.78 Å². The van der Waals surface area contributed by atoms with E-state index in [1.54, 1.807) is 6.92 Å². The lowest BCUT2D eigenvalue weighted by Gasteiger charge is -2.08. The molecule has 1 aromatic carbocycles. The fourth-order valence-corrected chi connectivity index (χ4v) is 1.27. The minimum absolute atomic E-state index is 0.0295. The van der Waals surface area contributed by atoms with Gasteiger partial charge in [0.15, 0.2) is 0 Å². The third-order valence-corrected chi connectivity index (χ3v) is 2.27. The summed E-state index contributed by atoms with van der Waals surface area (Å²) in [6.45, 7) is 1.62. The zero-order chi connectivity index (χ0) is 10.1. The predicted molar refractivity (Wildman–Crippen MR) is 56.9 cm³/mol. The first-order valence-electron chi connectivity index (χ1n) is 3.64. The van der Waals surface area contributed by atoms with Gasteiger partial charge >= 0.3 is 3.93 Å². The highest BCUT2D eigenvalue weighted by molar-refractivity contribution is 14.1. The number of alkyl halides is 3. The second-order valence-electron chi connectivity index (χ2n) is 2.70. The molecule has 0 heterocycles. The third-order valence-electron chi connectivity index (χ3n) is 1.65. The normalized spacial score (nSPS) is 11.4. The van der Waals surface area contributed by atoms with Gasteiger partial charge in [-0.3, -0.25) is 0 Å². The van der Waals surface area contributed by atoms with Crippen LogP contribution in [0, 0.1) is 5.41 Å². The molecule has 1 N–H and O–H groups in total. The first-order valence-corrected chi connectivity index (χ1v) is 4.72. The Morgan fingerprint density at radius 2 is 1.77 bits per heavy atom. The van der Waals surface area contributed by atoms with Gasteiger partial charge in [-0.25, -0.2) is 0 Å². The van der Waals surface area contributed by atoms with E-state index in [9.17, 15) is 8.78 Å². The van der Waals surface area contributed by atoms with Gasteiger partial charge in [-0.1, -0.05) is 24.3 Å². The molecular weight excluding hydrogens is 287 g/mol. The van der Waals surface area contributed by atoms with Crippen LogP contribution >= 0.6 is 22.6 Å². The van der Waals surface area contributed by atoms with Crippen LogP contribution in [0.4, 0.5) is 8.78 Å². The maximum Gasteiger partial charge on any atom is 0.321 e. The third kappa shape index (κ3) is 2.72. The van der Waals surface area contributed by atoms with Crippen molar-refractivity contribution < 1.29 is 8.78 Å². The van der Waals surface area contributed by atoms with E-state index in [0.717, 1.165) is 22.6 Å². The van der Waals surface area contributed by atoms with Crippen LogP contribution in [0.1, 0.15) is 18.1 Å². The molecule has 0 aromatic heterocycles. The Morgan fingerprint density at radius 1 is 1.31 bits per heavy atom. The molecule has 0 fully saturated rings. The van der Waals surface area contributed by atoms with Crippen LogP contribution in [0.3, 0.4) is 0 Å². The molecule has 13 heavy (non-hydrogen) atoms. The number of hydrogen-bond acceptors (Lipinski definition) is 1. The van der Waals surface area contributed by atoms with Crippen molar-refractivity contribution in [2.24, 2.45) is 0 Å².